The number of rotatable bonds is 4. The minimum atomic E-state index is -0.522. The van der Waals surface area contributed by atoms with Crippen molar-refractivity contribution in [2.75, 3.05) is 14.2 Å². The van der Waals surface area contributed by atoms with Crippen molar-refractivity contribution < 1.29 is 19.1 Å². The van der Waals surface area contributed by atoms with E-state index in [0.29, 0.717) is 12.0 Å². The van der Waals surface area contributed by atoms with Gasteiger partial charge in [-0.15, -0.1) is 0 Å². The minimum Gasteiger partial charge on any atom is -0.466 e. The molecule has 0 aliphatic heterocycles. The zero-order valence-corrected chi connectivity index (χ0v) is 10.7. The Morgan fingerprint density at radius 1 is 1.00 bits per heavy atom. The standard InChI is InChI=1S/C14H16O4/c1-10(13(15)17-2)12(14(16)18-3)9-11-7-5-4-6-8-11/h4-8H,9H2,1-3H3. The van der Waals surface area contributed by atoms with Crippen LogP contribution in [0.3, 0.4) is 0 Å². The predicted octanol–water partition coefficient (Wildman–Crippen LogP) is 1.89. The second kappa shape index (κ2) is 6.59. The van der Waals surface area contributed by atoms with Gasteiger partial charge < -0.3 is 9.47 Å². The summed E-state index contributed by atoms with van der Waals surface area (Å²) in [5, 5.41) is 0. The van der Waals surface area contributed by atoms with Gasteiger partial charge in [0.15, 0.2) is 0 Å². The van der Waals surface area contributed by atoms with E-state index in [2.05, 4.69) is 4.74 Å². The van der Waals surface area contributed by atoms with Gasteiger partial charge in [0.05, 0.1) is 19.8 Å². The Kier molecular flexibility index (Phi) is 5.11. The maximum absolute atomic E-state index is 11.7. The highest BCUT2D eigenvalue weighted by Gasteiger charge is 2.18. The number of benzene rings is 1. The lowest BCUT2D eigenvalue weighted by atomic mass is 10.0. The Labute approximate surface area is 106 Å². The molecule has 0 unspecified atom stereocenters. The van der Waals surface area contributed by atoms with E-state index in [1.165, 1.54) is 14.2 Å². The molecule has 0 amide bonds. The summed E-state index contributed by atoms with van der Waals surface area (Å²) >= 11 is 0. The molecule has 1 aromatic carbocycles. The predicted molar refractivity (Wildman–Crippen MR) is 66.9 cm³/mol. The van der Waals surface area contributed by atoms with E-state index < -0.39 is 11.9 Å². The first-order valence-electron chi connectivity index (χ1n) is 5.50. The van der Waals surface area contributed by atoms with Crippen molar-refractivity contribution >= 4 is 11.9 Å². The molecule has 0 aromatic heterocycles. The number of methoxy groups -OCH3 is 2. The number of hydrogen-bond donors (Lipinski definition) is 0. The first kappa shape index (κ1) is 14.0. The molecule has 0 atom stereocenters. The number of esters is 2. The fourth-order valence-electron chi connectivity index (χ4n) is 1.56. The first-order valence-corrected chi connectivity index (χ1v) is 5.50. The normalized spacial score (nSPS) is 11.5. The Bertz CT molecular complexity index is 460. The van der Waals surface area contributed by atoms with Crippen LogP contribution in [0.5, 0.6) is 0 Å². The van der Waals surface area contributed by atoms with E-state index in [4.69, 9.17) is 4.74 Å². The molecule has 0 bridgehead atoms. The van der Waals surface area contributed by atoms with E-state index >= 15 is 0 Å². The van der Waals surface area contributed by atoms with Crippen LogP contribution in [-0.4, -0.2) is 26.2 Å². The third kappa shape index (κ3) is 3.45. The molecular weight excluding hydrogens is 232 g/mol. The van der Waals surface area contributed by atoms with E-state index in [-0.39, 0.29) is 5.57 Å². The van der Waals surface area contributed by atoms with Gasteiger partial charge in [-0.3, -0.25) is 0 Å². The smallest absolute Gasteiger partial charge is 0.334 e. The van der Waals surface area contributed by atoms with Crippen LogP contribution in [0.1, 0.15) is 12.5 Å². The number of hydrogen-bond acceptors (Lipinski definition) is 4. The van der Waals surface area contributed by atoms with Gasteiger partial charge in [-0.25, -0.2) is 9.59 Å². The van der Waals surface area contributed by atoms with Crippen LogP contribution in [0.4, 0.5) is 0 Å². The number of carbonyl (C=O) groups is 2. The zero-order valence-electron chi connectivity index (χ0n) is 10.7. The lowest BCUT2D eigenvalue weighted by Gasteiger charge is -2.09. The van der Waals surface area contributed by atoms with Gasteiger partial charge in [-0.2, -0.15) is 0 Å². The molecule has 0 aliphatic carbocycles. The minimum absolute atomic E-state index is 0.271. The molecule has 4 nitrogen and oxygen atoms in total. The SMILES string of the molecule is COC(=O)C(C)=C(Cc1ccccc1)C(=O)OC. The summed E-state index contributed by atoms with van der Waals surface area (Å²) in [6.45, 7) is 1.56. The van der Waals surface area contributed by atoms with Gasteiger partial charge in [0, 0.05) is 12.0 Å². The van der Waals surface area contributed by atoms with Crippen LogP contribution in [-0.2, 0) is 25.5 Å². The molecule has 0 N–H and O–H groups in total. The molecule has 1 rings (SSSR count). The van der Waals surface area contributed by atoms with E-state index in [1.807, 2.05) is 30.3 Å². The highest BCUT2D eigenvalue weighted by atomic mass is 16.5. The quantitative estimate of drug-likeness (QED) is 0.603. The van der Waals surface area contributed by atoms with Crippen molar-refractivity contribution in [1.82, 2.24) is 0 Å². The Morgan fingerprint density at radius 2 is 1.56 bits per heavy atom. The van der Waals surface area contributed by atoms with Crippen LogP contribution in [0, 0.1) is 0 Å². The van der Waals surface area contributed by atoms with Crippen LogP contribution in [0.25, 0.3) is 0 Å². The van der Waals surface area contributed by atoms with E-state index in [9.17, 15) is 9.59 Å². The molecule has 0 heterocycles. The van der Waals surface area contributed by atoms with Crippen molar-refractivity contribution in [2.45, 2.75) is 13.3 Å². The third-order valence-electron chi connectivity index (χ3n) is 2.60. The van der Waals surface area contributed by atoms with Crippen molar-refractivity contribution in [2.24, 2.45) is 0 Å². The fraction of sp³-hybridized carbons (Fsp3) is 0.286. The summed E-state index contributed by atoms with van der Waals surface area (Å²) in [7, 11) is 2.57. The second-order valence-electron chi connectivity index (χ2n) is 3.75. The molecule has 0 spiro atoms. The van der Waals surface area contributed by atoms with Gasteiger partial charge in [0.1, 0.15) is 0 Å². The zero-order chi connectivity index (χ0) is 13.5. The summed E-state index contributed by atoms with van der Waals surface area (Å²) in [4.78, 5) is 23.2. The molecule has 0 saturated heterocycles. The third-order valence-corrected chi connectivity index (χ3v) is 2.60. The molecule has 0 fully saturated rings. The molecular formula is C14H16O4. The number of ether oxygens (including phenoxy) is 2. The summed E-state index contributed by atoms with van der Waals surface area (Å²) in [6, 6.07) is 9.40. The Hall–Kier alpha value is -2.10. The van der Waals surface area contributed by atoms with Crippen molar-refractivity contribution in [1.29, 1.82) is 0 Å². The highest BCUT2D eigenvalue weighted by Crippen LogP contribution is 2.14. The van der Waals surface area contributed by atoms with Crippen molar-refractivity contribution in [3.8, 4) is 0 Å². The molecule has 0 aliphatic rings. The van der Waals surface area contributed by atoms with Gasteiger partial charge >= 0.3 is 11.9 Å². The largest absolute Gasteiger partial charge is 0.466 e. The maximum atomic E-state index is 11.7. The molecule has 4 heteroatoms. The summed E-state index contributed by atoms with van der Waals surface area (Å²) in [6.07, 6.45) is 0.342. The van der Waals surface area contributed by atoms with Crippen molar-refractivity contribution in [3.63, 3.8) is 0 Å². The maximum Gasteiger partial charge on any atom is 0.334 e. The molecule has 96 valence electrons. The molecule has 0 saturated carbocycles. The van der Waals surface area contributed by atoms with Gasteiger partial charge in [-0.05, 0) is 12.5 Å². The van der Waals surface area contributed by atoms with Crippen LogP contribution in [0.15, 0.2) is 41.5 Å². The first-order chi connectivity index (χ1) is 8.60. The van der Waals surface area contributed by atoms with Crippen molar-refractivity contribution in [3.05, 3.63) is 47.0 Å². The lowest BCUT2D eigenvalue weighted by molar-refractivity contribution is -0.139. The average molecular weight is 248 g/mol. The van der Waals surface area contributed by atoms with E-state index in [0.717, 1.165) is 5.56 Å². The monoisotopic (exact) mass is 248 g/mol. The van der Waals surface area contributed by atoms with Gasteiger partial charge in [0.25, 0.3) is 0 Å². The topological polar surface area (TPSA) is 52.6 Å². The second-order valence-corrected chi connectivity index (χ2v) is 3.75. The van der Waals surface area contributed by atoms with Crippen LogP contribution >= 0.6 is 0 Å². The van der Waals surface area contributed by atoms with Crippen LogP contribution in [0.2, 0.25) is 0 Å². The highest BCUT2D eigenvalue weighted by molar-refractivity contribution is 6.00. The van der Waals surface area contributed by atoms with Gasteiger partial charge in [0.2, 0.25) is 0 Å². The van der Waals surface area contributed by atoms with Gasteiger partial charge in [-0.1, -0.05) is 30.3 Å². The molecule has 1 aromatic rings. The van der Waals surface area contributed by atoms with E-state index in [1.54, 1.807) is 6.92 Å². The summed E-state index contributed by atoms with van der Waals surface area (Å²) in [5.41, 5.74) is 1.52. The number of carbonyl (C=O) groups excluding carboxylic acids is 2. The molecule has 0 radical (unpaired) electrons. The van der Waals surface area contributed by atoms with Crippen LogP contribution < -0.4 is 0 Å². The fourth-order valence-corrected chi connectivity index (χ4v) is 1.56. The summed E-state index contributed by atoms with van der Waals surface area (Å²) in [5.74, 6) is -1.03. The lowest BCUT2D eigenvalue weighted by Crippen LogP contribution is -2.14. The summed E-state index contributed by atoms with van der Waals surface area (Å²) < 4.78 is 9.32. The Balaban J connectivity index is 3.07. The molecule has 18 heavy (non-hydrogen) atoms. The Morgan fingerprint density at radius 3 is 2.06 bits per heavy atom. The average Bonchev–Trinajstić information content (AvgIpc) is 2.43.